The smallest absolute Gasteiger partial charge is 0.282 e. The van der Waals surface area contributed by atoms with E-state index in [0.717, 1.165) is 0 Å². The lowest BCUT2D eigenvalue weighted by Crippen LogP contribution is -2.55. The summed E-state index contributed by atoms with van der Waals surface area (Å²) < 4.78 is 29.0. The minimum atomic E-state index is -3.56. The molecule has 0 aromatic carbocycles. The van der Waals surface area contributed by atoms with Gasteiger partial charge in [0.25, 0.3) is 10.2 Å². The van der Waals surface area contributed by atoms with Crippen LogP contribution in [0.15, 0.2) is 12.4 Å². The van der Waals surface area contributed by atoms with Gasteiger partial charge in [-0.1, -0.05) is 13.8 Å². The maximum absolute atomic E-state index is 12.4. The first-order valence-electron chi connectivity index (χ1n) is 6.94. The summed E-state index contributed by atoms with van der Waals surface area (Å²) in [5.41, 5.74) is 0.697. The van der Waals surface area contributed by atoms with E-state index >= 15 is 0 Å². The molecule has 9 heteroatoms. The Balaban J connectivity index is 2.12. The molecule has 0 aliphatic carbocycles. The van der Waals surface area contributed by atoms with Crippen LogP contribution in [0.5, 0.6) is 0 Å². The first-order chi connectivity index (χ1) is 9.90. The minimum absolute atomic E-state index is 0.131. The Morgan fingerprint density at radius 3 is 2.43 bits per heavy atom. The van der Waals surface area contributed by atoms with Crippen molar-refractivity contribution in [2.24, 2.45) is 7.05 Å². The molecule has 1 aliphatic heterocycles. The van der Waals surface area contributed by atoms with E-state index in [1.54, 1.807) is 42.9 Å². The summed E-state index contributed by atoms with van der Waals surface area (Å²) in [6.07, 6.45) is 3.35. The molecule has 1 amide bonds. The third-order valence-corrected chi connectivity index (χ3v) is 5.68. The van der Waals surface area contributed by atoms with Gasteiger partial charge in [0.15, 0.2) is 0 Å². The fraction of sp³-hybridized carbons (Fsp3) is 0.667. The van der Waals surface area contributed by atoms with Gasteiger partial charge >= 0.3 is 0 Å². The van der Waals surface area contributed by atoms with Crippen molar-refractivity contribution < 1.29 is 13.2 Å². The average Bonchev–Trinajstić information content (AvgIpc) is 2.86. The number of aryl methyl sites for hydroxylation is 1. The molecule has 0 spiro atoms. The SMILES string of the molecule is CCN(CC)S(=O)(=O)N1CCN(c2cnn(C)c2)C(=O)C1. The van der Waals surface area contributed by atoms with Crippen molar-refractivity contribution in [3.63, 3.8) is 0 Å². The van der Waals surface area contributed by atoms with Crippen LogP contribution in [-0.4, -0.2) is 65.4 Å². The van der Waals surface area contributed by atoms with Crippen LogP contribution in [0.2, 0.25) is 0 Å². The van der Waals surface area contributed by atoms with Crippen LogP contribution in [0.1, 0.15) is 13.8 Å². The van der Waals surface area contributed by atoms with Gasteiger partial charge in [-0.05, 0) is 0 Å². The van der Waals surface area contributed by atoms with Gasteiger partial charge in [-0.25, -0.2) is 0 Å². The van der Waals surface area contributed by atoms with Crippen LogP contribution in [0.25, 0.3) is 0 Å². The van der Waals surface area contributed by atoms with E-state index in [0.29, 0.717) is 31.9 Å². The van der Waals surface area contributed by atoms with E-state index in [-0.39, 0.29) is 12.5 Å². The van der Waals surface area contributed by atoms with E-state index in [1.165, 1.54) is 8.61 Å². The lowest BCUT2D eigenvalue weighted by molar-refractivity contribution is -0.120. The molecule has 1 saturated heterocycles. The van der Waals surface area contributed by atoms with Crippen molar-refractivity contribution in [1.82, 2.24) is 18.4 Å². The highest BCUT2D eigenvalue weighted by atomic mass is 32.2. The summed E-state index contributed by atoms with van der Waals surface area (Å²) in [5.74, 6) is -0.231. The average molecular weight is 315 g/mol. The molecule has 0 atom stereocenters. The highest BCUT2D eigenvalue weighted by molar-refractivity contribution is 7.86. The number of aromatic nitrogens is 2. The Bertz CT molecular complexity index is 608. The molecule has 1 fully saturated rings. The third kappa shape index (κ3) is 3.09. The summed E-state index contributed by atoms with van der Waals surface area (Å²) >= 11 is 0. The molecule has 1 aliphatic rings. The summed E-state index contributed by atoms with van der Waals surface area (Å²) in [6.45, 7) is 4.87. The van der Waals surface area contributed by atoms with E-state index in [4.69, 9.17) is 0 Å². The molecule has 0 saturated carbocycles. The number of hydrogen-bond donors (Lipinski definition) is 0. The molecule has 2 rings (SSSR count). The topological polar surface area (TPSA) is 78.8 Å². The van der Waals surface area contributed by atoms with Crippen molar-refractivity contribution in [2.75, 3.05) is 37.6 Å². The normalized spacial score (nSPS) is 17.7. The zero-order chi connectivity index (χ0) is 15.6. The van der Waals surface area contributed by atoms with Gasteiger partial charge in [-0.2, -0.15) is 22.1 Å². The molecule has 0 unspecified atom stereocenters. The van der Waals surface area contributed by atoms with Crippen LogP contribution in [0, 0.1) is 0 Å². The molecular weight excluding hydrogens is 294 g/mol. The van der Waals surface area contributed by atoms with E-state index in [9.17, 15) is 13.2 Å². The Labute approximate surface area is 125 Å². The Morgan fingerprint density at radius 2 is 1.95 bits per heavy atom. The minimum Gasteiger partial charge on any atom is -0.307 e. The molecule has 8 nitrogen and oxygen atoms in total. The van der Waals surface area contributed by atoms with Gasteiger partial charge in [0.2, 0.25) is 5.91 Å². The Hall–Kier alpha value is -1.45. The molecule has 1 aromatic heterocycles. The summed E-state index contributed by atoms with van der Waals surface area (Å²) in [5, 5.41) is 4.03. The second kappa shape index (κ2) is 6.12. The van der Waals surface area contributed by atoms with Crippen molar-refractivity contribution >= 4 is 21.8 Å². The molecule has 0 N–H and O–H groups in total. The van der Waals surface area contributed by atoms with Gasteiger partial charge in [0.05, 0.1) is 18.4 Å². The van der Waals surface area contributed by atoms with Crippen LogP contribution < -0.4 is 4.90 Å². The standard InChI is InChI=1S/C12H21N5O3S/c1-4-15(5-2)21(19,20)16-6-7-17(12(18)10-16)11-8-13-14(3)9-11/h8-9H,4-7,10H2,1-3H3. The Morgan fingerprint density at radius 1 is 1.29 bits per heavy atom. The number of piperazine rings is 1. The van der Waals surface area contributed by atoms with E-state index in [2.05, 4.69) is 5.10 Å². The van der Waals surface area contributed by atoms with Crippen molar-refractivity contribution in [3.8, 4) is 0 Å². The fourth-order valence-electron chi connectivity index (χ4n) is 2.38. The quantitative estimate of drug-likeness (QED) is 0.744. The molecule has 2 heterocycles. The molecule has 21 heavy (non-hydrogen) atoms. The van der Waals surface area contributed by atoms with Crippen molar-refractivity contribution in [3.05, 3.63) is 12.4 Å². The van der Waals surface area contributed by atoms with Crippen LogP contribution >= 0.6 is 0 Å². The van der Waals surface area contributed by atoms with Crippen LogP contribution in [0.4, 0.5) is 5.69 Å². The number of anilines is 1. The van der Waals surface area contributed by atoms with Crippen molar-refractivity contribution in [1.29, 1.82) is 0 Å². The number of nitrogens with zero attached hydrogens (tertiary/aromatic N) is 5. The molecule has 0 radical (unpaired) electrons. The second-order valence-corrected chi connectivity index (χ2v) is 6.77. The van der Waals surface area contributed by atoms with Gasteiger partial charge in [-0.15, -0.1) is 0 Å². The lowest BCUT2D eigenvalue weighted by atomic mass is 10.3. The lowest BCUT2D eigenvalue weighted by Gasteiger charge is -2.35. The monoisotopic (exact) mass is 315 g/mol. The summed E-state index contributed by atoms with van der Waals surface area (Å²) in [4.78, 5) is 13.8. The number of rotatable bonds is 5. The predicted molar refractivity (Wildman–Crippen MR) is 79.0 cm³/mol. The van der Waals surface area contributed by atoms with E-state index in [1.807, 2.05) is 0 Å². The number of hydrogen-bond acceptors (Lipinski definition) is 4. The molecular formula is C12H21N5O3S. The number of carbonyl (C=O) groups excluding carboxylic acids is 1. The van der Waals surface area contributed by atoms with Crippen LogP contribution in [0.3, 0.4) is 0 Å². The van der Waals surface area contributed by atoms with Crippen LogP contribution in [-0.2, 0) is 22.1 Å². The number of amides is 1. The summed E-state index contributed by atoms with van der Waals surface area (Å²) in [6, 6.07) is 0. The zero-order valence-corrected chi connectivity index (χ0v) is 13.4. The van der Waals surface area contributed by atoms with Gasteiger partial charge in [-0.3, -0.25) is 9.48 Å². The summed E-state index contributed by atoms with van der Waals surface area (Å²) in [7, 11) is -1.79. The maximum Gasteiger partial charge on any atom is 0.282 e. The van der Waals surface area contributed by atoms with E-state index < -0.39 is 10.2 Å². The first-order valence-corrected chi connectivity index (χ1v) is 8.34. The van der Waals surface area contributed by atoms with Crippen molar-refractivity contribution in [2.45, 2.75) is 13.8 Å². The fourth-order valence-corrected chi connectivity index (χ4v) is 3.95. The maximum atomic E-state index is 12.4. The predicted octanol–water partition coefficient (Wildman–Crippen LogP) is -0.345. The number of carbonyl (C=O) groups is 1. The molecule has 1 aromatic rings. The largest absolute Gasteiger partial charge is 0.307 e. The molecule has 0 bridgehead atoms. The first kappa shape index (κ1) is 15.9. The van der Waals surface area contributed by atoms with Gasteiger partial charge < -0.3 is 4.90 Å². The highest BCUT2D eigenvalue weighted by Crippen LogP contribution is 2.18. The Kier molecular flexibility index (Phi) is 4.64. The van der Waals surface area contributed by atoms with Gasteiger partial charge in [0.1, 0.15) is 0 Å². The second-order valence-electron chi connectivity index (χ2n) is 4.84. The highest BCUT2D eigenvalue weighted by Gasteiger charge is 2.35. The molecule has 118 valence electrons. The zero-order valence-electron chi connectivity index (χ0n) is 12.6. The van der Waals surface area contributed by atoms with Gasteiger partial charge in [0, 0.05) is 39.4 Å². The third-order valence-electron chi connectivity index (χ3n) is 3.55.